The molecule has 2 fully saturated rings. The van der Waals surface area contributed by atoms with E-state index >= 15 is 0 Å². The molecule has 1 N–H and O–H groups in total. The van der Waals surface area contributed by atoms with Crippen LogP contribution in [0.1, 0.15) is 29.6 Å². The van der Waals surface area contributed by atoms with Crippen molar-refractivity contribution in [1.82, 2.24) is 9.80 Å². The number of nitrogens with zero attached hydrogens (tertiary/aromatic N) is 2. The average molecular weight is 342 g/mol. The van der Waals surface area contributed by atoms with Crippen LogP contribution in [0.2, 0.25) is 0 Å². The SMILES string of the molecule is C#CCOc1ccc(C(=O)N2CCC[C@H](CN3CC[C@@H](O)C3)C2)cc1. The van der Waals surface area contributed by atoms with Gasteiger partial charge in [-0.25, -0.2) is 0 Å². The first-order chi connectivity index (χ1) is 12.2. The van der Waals surface area contributed by atoms with Crippen molar-refractivity contribution in [2.75, 3.05) is 39.3 Å². The Morgan fingerprint density at radius 1 is 1.24 bits per heavy atom. The van der Waals surface area contributed by atoms with Crippen molar-refractivity contribution in [3.63, 3.8) is 0 Å². The molecule has 5 nitrogen and oxygen atoms in total. The van der Waals surface area contributed by atoms with Crippen molar-refractivity contribution in [3.8, 4) is 18.1 Å². The zero-order valence-electron chi connectivity index (χ0n) is 14.6. The van der Waals surface area contributed by atoms with Gasteiger partial charge in [-0.1, -0.05) is 5.92 Å². The van der Waals surface area contributed by atoms with E-state index in [-0.39, 0.29) is 18.6 Å². The minimum absolute atomic E-state index is 0.0784. The van der Waals surface area contributed by atoms with E-state index in [1.165, 1.54) is 0 Å². The van der Waals surface area contributed by atoms with E-state index in [0.717, 1.165) is 52.0 Å². The molecular weight excluding hydrogens is 316 g/mol. The lowest BCUT2D eigenvalue weighted by Gasteiger charge is -2.34. The van der Waals surface area contributed by atoms with E-state index in [1.807, 2.05) is 4.90 Å². The van der Waals surface area contributed by atoms with Crippen LogP contribution in [0, 0.1) is 18.3 Å². The standard InChI is InChI=1S/C20H26N2O3/c1-2-12-25-19-7-5-17(6-8-19)20(24)22-10-3-4-16(14-22)13-21-11-9-18(23)15-21/h1,5-8,16,18,23H,3-4,9-15H2/t16-,18-/m1/s1. The quantitative estimate of drug-likeness (QED) is 0.826. The minimum atomic E-state index is -0.184. The topological polar surface area (TPSA) is 53.0 Å². The molecule has 0 saturated carbocycles. The van der Waals surface area contributed by atoms with Gasteiger partial charge < -0.3 is 19.6 Å². The molecule has 2 aliphatic heterocycles. The van der Waals surface area contributed by atoms with E-state index in [2.05, 4.69) is 10.8 Å². The van der Waals surface area contributed by atoms with Crippen LogP contribution in [-0.2, 0) is 0 Å². The lowest BCUT2D eigenvalue weighted by Crippen LogP contribution is -2.43. The molecule has 0 spiro atoms. The van der Waals surface area contributed by atoms with Gasteiger partial charge in [-0.15, -0.1) is 6.42 Å². The Bertz CT molecular complexity index is 623. The number of carbonyl (C=O) groups is 1. The van der Waals surface area contributed by atoms with E-state index in [1.54, 1.807) is 24.3 Å². The number of hydrogen-bond acceptors (Lipinski definition) is 4. The van der Waals surface area contributed by atoms with Crippen molar-refractivity contribution in [1.29, 1.82) is 0 Å². The summed E-state index contributed by atoms with van der Waals surface area (Å²) in [5, 5.41) is 9.67. The molecule has 2 atom stereocenters. The summed E-state index contributed by atoms with van der Waals surface area (Å²) >= 11 is 0. The first-order valence-corrected chi connectivity index (χ1v) is 9.01. The van der Waals surface area contributed by atoms with Gasteiger partial charge in [-0.05, 0) is 49.4 Å². The van der Waals surface area contributed by atoms with Crippen LogP contribution in [0.5, 0.6) is 5.75 Å². The van der Waals surface area contributed by atoms with Crippen LogP contribution in [-0.4, -0.2) is 66.2 Å². The Hall–Kier alpha value is -2.03. The Kier molecular flexibility index (Phi) is 5.95. The summed E-state index contributed by atoms with van der Waals surface area (Å²) in [7, 11) is 0. The van der Waals surface area contributed by atoms with Crippen LogP contribution < -0.4 is 4.74 Å². The highest BCUT2D eigenvalue weighted by Crippen LogP contribution is 2.22. The number of aliphatic hydroxyl groups is 1. The number of ether oxygens (including phenoxy) is 1. The number of likely N-dealkylation sites (tertiary alicyclic amines) is 2. The number of benzene rings is 1. The second kappa shape index (κ2) is 8.37. The summed E-state index contributed by atoms with van der Waals surface area (Å²) < 4.78 is 5.35. The van der Waals surface area contributed by atoms with Crippen LogP contribution in [0.4, 0.5) is 0 Å². The van der Waals surface area contributed by atoms with Crippen LogP contribution in [0.3, 0.4) is 0 Å². The van der Waals surface area contributed by atoms with Gasteiger partial charge in [0.1, 0.15) is 12.4 Å². The van der Waals surface area contributed by atoms with Crippen molar-refractivity contribution in [3.05, 3.63) is 29.8 Å². The van der Waals surface area contributed by atoms with Crippen molar-refractivity contribution in [2.24, 2.45) is 5.92 Å². The second-order valence-corrected chi connectivity index (χ2v) is 6.98. The summed E-state index contributed by atoms with van der Waals surface area (Å²) in [6.45, 7) is 4.54. The highest BCUT2D eigenvalue weighted by Gasteiger charge is 2.28. The third kappa shape index (κ3) is 4.75. The lowest BCUT2D eigenvalue weighted by molar-refractivity contribution is 0.0642. The Labute approximate surface area is 149 Å². The molecule has 2 heterocycles. The molecule has 0 aromatic heterocycles. The Balaban J connectivity index is 1.55. The molecule has 0 unspecified atom stereocenters. The summed E-state index contributed by atoms with van der Waals surface area (Å²) in [5.74, 6) is 3.67. The van der Waals surface area contributed by atoms with E-state index in [9.17, 15) is 9.90 Å². The van der Waals surface area contributed by atoms with Gasteiger partial charge in [0, 0.05) is 38.3 Å². The summed E-state index contributed by atoms with van der Waals surface area (Å²) in [4.78, 5) is 17.0. The summed E-state index contributed by atoms with van der Waals surface area (Å²) in [6.07, 6.45) is 8.04. The van der Waals surface area contributed by atoms with Gasteiger partial charge in [-0.3, -0.25) is 4.79 Å². The smallest absolute Gasteiger partial charge is 0.253 e. The number of terminal acetylenes is 1. The van der Waals surface area contributed by atoms with Gasteiger partial charge >= 0.3 is 0 Å². The molecule has 25 heavy (non-hydrogen) atoms. The predicted molar refractivity (Wildman–Crippen MR) is 96.5 cm³/mol. The van der Waals surface area contributed by atoms with E-state index in [0.29, 0.717) is 17.2 Å². The van der Waals surface area contributed by atoms with Gasteiger partial charge in [0.15, 0.2) is 0 Å². The molecule has 0 radical (unpaired) electrons. The third-order valence-electron chi connectivity index (χ3n) is 4.99. The molecular formula is C20H26N2O3. The van der Waals surface area contributed by atoms with E-state index < -0.39 is 0 Å². The number of carbonyl (C=O) groups excluding carboxylic acids is 1. The summed E-state index contributed by atoms with van der Waals surface area (Å²) in [5.41, 5.74) is 0.685. The van der Waals surface area contributed by atoms with Crippen molar-refractivity contribution >= 4 is 5.91 Å². The molecule has 2 aliphatic rings. The van der Waals surface area contributed by atoms with E-state index in [4.69, 9.17) is 11.2 Å². The number of piperidine rings is 1. The van der Waals surface area contributed by atoms with Gasteiger partial charge in [0.2, 0.25) is 0 Å². The fourth-order valence-electron chi connectivity index (χ4n) is 3.74. The van der Waals surface area contributed by atoms with Gasteiger partial charge in [0.05, 0.1) is 6.10 Å². The average Bonchev–Trinajstić information content (AvgIpc) is 3.05. The highest BCUT2D eigenvalue weighted by atomic mass is 16.5. The highest BCUT2D eigenvalue weighted by molar-refractivity contribution is 5.94. The van der Waals surface area contributed by atoms with Crippen molar-refractivity contribution in [2.45, 2.75) is 25.4 Å². The fourth-order valence-corrected chi connectivity index (χ4v) is 3.74. The maximum atomic E-state index is 12.8. The predicted octanol–water partition coefficient (Wildman–Crippen LogP) is 1.62. The Morgan fingerprint density at radius 2 is 2.04 bits per heavy atom. The zero-order chi connectivity index (χ0) is 17.6. The Morgan fingerprint density at radius 3 is 2.72 bits per heavy atom. The number of amides is 1. The fraction of sp³-hybridized carbons (Fsp3) is 0.550. The molecule has 1 aromatic rings. The molecule has 1 amide bonds. The van der Waals surface area contributed by atoms with Crippen LogP contribution in [0.25, 0.3) is 0 Å². The molecule has 5 heteroatoms. The molecule has 3 rings (SSSR count). The normalized spacial score (nSPS) is 24.1. The van der Waals surface area contributed by atoms with Crippen molar-refractivity contribution < 1.29 is 14.6 Å². The van der Waals surface area contributed by atoms with Crippen LogP contribution >= 0.6 is 0 Å². The second-order valence-electron chi connectivity index (χ2n) is 6.98. The number of aliphatic hydroxyl groups excluding tert-OH is 1. The first kappa shape index (κ1) is 17.8. The molecule has 0 bridgehead atoms. The van der Waals surface area contributed by atoms with Gasteiger partial charge in [0.25, 0.3) is 5.91 Å². The lowest BCUT2D eigenvalue weighted by atomic mass is 9.96. The largest absolute Gasteiger partial charge is 0.481 e. The summed E-state index contributed by atoms with van der Waals surface area (Å²) in [6, 6.07) is 7.18. The monoisotopic (exact) mass is 342 g/mol. The molecule has 0 aliphatic carbocycles. The maximum absolute atomic E-state index is 12.8. The van der Waals surface area contributed by atoms with Crippen LogP contribution in [0.15, 0.2) is 24.3 Å². The third-order valence-corrected chi connectivity index (χ3v) is 4.99. The zero-order valence-corrected chi connectivity index (χ0v) is 14.6. The van der Waals surface area contributed by atoms with Gasteiger partial charge in [-0.2, -0.15) is 0 Å². The maximum Gasteiger partial charge on any atom is 0.253 e. The number of hydrogen-bond donors (Lipinski definition) is 1. The number of rotatable bonds is 5. The minimum Gasteiger partial charge on any atom is -0.481 e. The molecule has 134 valence electrons. The molecule has 1 aromatic carbocycles. The number of β-amino-alcohol motifs (C(OH)–C–C–N with tert-alkyl or cyclic N) is 1. The first-order valence-electron chi connectivity index (χ1n) is 9.01. The molecule has 2 saturated heterocycles.